The molecule has 0 aliphatic carbocycles. The van der Waals surface area contributed by atoms with Crippen LogP contribution in [-0.4, -0.2) is 93.8 Å². The zero-order valence-corrected chi connectivity index (χ0v) is 20.0. The molecule has 22 heteroatoms. The maximum atomic E-state index is 8.74. The van der Waals surface area contributed by atoms with Gasteiger partial charge in [-0.3, -0.25) is 22.3 Å². The van der Waals surface area contributed by atoms with Crippen molar-refractivity contribution in [3.05, 3.63) is 0 Å². The first-order valence-electron chi connectivity index (χ1n) is 3.26. The number of hydrogen-bond donors (Lipinski definition) is 10. The summed E-state index contributed by atoms with van der Waals surface area (Å²) in [4.78, 5) is 71.6. The SMILES string of the molecule is O=[Si](O)O.O=[Si](O)O.O=[Si](O)O.O=[Si](O)O.O=[Si](O)O.[H-].[H-].[Na+].[Na+]. The third kappa shape index (κ3) is 1030000. The average Bonchev–Trinajstić information content (AvgIpc) is 1.94. The quantitative estimate of drug-likeness (QED) is 0.157. The van der Waals surface area contributed by atoms with Crippen molar-refractivity contribution in [3.8, 4) is 0 Å². The van der Waals surface area contributed by atoms with Crippen molar-refractivity contribution in [2.75, 3.05) is 0 Å². The molecule has 0 aliphatic heterocycles. The second-order valence-corrected chi connectivity index (χ2v) is 4.24. The van der Waals surface area contributed by atoms with Crippen molar-refractivity contribution in [1.29, 1.82) is 0 Å². The maximum Gasteiger partial charge on any atom is 1.00 e. The molecule has 0 fully saturated rings. The van der Waals surface area contributed by atoms with Crippen molar-refractivity contribution >= 4 is 45.9 Å². The van der Waals surface area contributed by atoms with E-state index < -0.39 is 45.9 Å². The molecule has 22 heavy (non-hydrogen) atoms. The predicted octanol–water partition coefficient (Wildman–Crippen LogP) is -13.8. The molecule has 0 saturated heterocycles. The molecule has 0 rings (SSSR count). The second-order valence-electron chi connectivity index (χ2n) is 1.41. The summed E-state index contributed by atoms with van der Waals surface area (Å²) < 4.78 is 43.7. The average molecular weight is 438 g/mol. The van der Waals surface area contributed by atoms with Crippen molar-refractivity contribution < 1.29 is 132 Å². The number of rotatable bonds is 0. The molecule has 0 aromatic heterocycles. The van der Waals surface area contributed by atoms with Crippen molar-refractivity contribution in [2.24, 2.45) is 0 Å². The fourth-order valence-electron chi connectivity index (χ4n) is 0. The van der Waals surface area contributed by atoms with Gasteiger partial charge in [0.15, 0.2) is 0 Å². The van der Waals surface area contributed by atoms with Crippen LogP contribution in [0.1, 0.15) is 2.85 Å². The zero-order valence-electron chi connectivity index (χ0n) is 13.0. The van der Waals surface area contributed by atoms with Crippen LogP contribution in [-0.2, 0) is 22.3 Å². The Morgan fingerprint density at radius 3 is 0.364 bits per heavy atom. The summed E-state index contributed by atoms with van der Waals surface area (Å²) in [6.45, 7) is 0. The summed E-state index contributed by atoms with van der Waals surface area (Å²) in [6.07, 6.45) is 0. The van der Waals surface area contributed by atoms with Gasteiger partial charge >= 0.3 is 105 Å². The topological polar surface area (TPSA) is 288 Å². The van der Waals surface area contributed by atoms with Gasteiger partial charge in [0.1, 0.15) is 0 Å². The summed E-state index contributed by atoms with van der Waals surface area (Å²) in [6, 6.07) is 0. The largest absolute Gasteiger partial charge is 1.00 e. The Morgan fingerprint density at radius 2 is 0.364 bits per heavy atom. The Kier molecular flexibility index (Phi) is 73.3. The van der Waals surface area contributed by atoms with E-state index >= 15 is 0 Å². The van der Waals surface area contributed by atoms with Gasteiger partial charge in [0.2, 0.25) is 0 Å². The fraction of sp³-hybridized carbons (Fsp3) is 0. The van der Waals surface area contributed by atoms with Crippen molar-refractivity contribution in [1.82, 2.24) is 0 Å². The Morgan fingerprint density at radius 1 is 0.364 bits per heavy atom. The predicted molar refractivity (Wildman–Crippen MR) is 56.6 cm³/mol. The maximum absolute atomic E-state index is 8.74. The van der Waals surface area contributed by atoms with Gasteiger partial charge in [-0.25, -0.2) is 0 Å². The summed E-state index contributed by atoms with van der Waals surface area (Å²) in [5.74, 6) is 0. The third-order valence-corrected chi connectivity index (χ3v) is 0. The molecule has 0 aromatic carbocycles. The molecule has 0 amide bonds. The minimum absolute atomic E-state index is 0. The van der Waals surface area contributed by atoms with E-state index in [-0.39, 0.29) is 62.0 Å². The molecular formula is H12Na2O15Si5. The van der Waals surface area contributed by atoms with Gasteiger partial charge in [-0.15, -0.1) is 0 Å². The Labute approximate surface area is 176 Å². The van der Waals surface area contributed by atoms with Gasteiger partial charge in [0.05, 0.1) is 0 Å². The molecule has 0 aromatic rings. The standard InChI is InChI=1S/2Na.5H2O3Si.2H/c;;5*1-4(2)3;;/h;;5*1-2H;;/q2*+1;;;;;;2*-1. The zero-order chi connectivity index (χ0) is 17.9. The monoisotopic (exact) mass is 438 g/mol. The van der Waals surface area contributed by atoms with Gasteiger partial charge in [0.25, 0.3) is 0 Å². The first-order valence-corrected chi connectivity index (χ1v) is 9.77. The second kappa shape index (κ2) is 37.4. The normalized spacial score (nSPS) is 5.45. The van der Waals surface area contributed by atoms with Gasteiger partial charge in [-0.2, -0.15) is 0 Å². The molecule has 124 valence electrons. The Hall–Kier alpha value is 0.0844. The summed E-state index contributed by atoms with van der Waals surface area (Å²) in [5.41, 5.74) is 0. The molecular weight excluding hydrogens is 426 g/mol. The van der Waals surface area contributed by atoms with E-state index in [1.165, 1.54) is 0 Å². The summed E-state index contributed by atoms with van der Waals surface area (Å²) >= 11 is 0. The van der Waals surface area contributed by atoms with Crippen LogP contribution in [0.5, 0.6) is 0 Å². The van der Waals surface area contributed by atoms with Crippen LogP contribution < -0.4 is 59.1 Å². The summed E-state index contributed by atoms with van der Waals surface area (Å²) in [5, 5.41) is 0. The van der Waals surface area contributed by atoms with Crippen molar-refractivity contribution in [3.63, 3.8) is 0 Å². The van der Waals surface area contributed by atoms with E-state index in [1.54, 1.807) is 0 Å². The van der Waals surface area contributed by atoms with E-state index in [0.717, 1.165) is 0 Å². The molecule has 0 unspecified atom stereocenters. The molecule has 0 aliphatic rings. The van der Waals surface area contributed by atoms with E-state index in [9.17, 15) is 0 Å². The molecule has 0 heterocycles. The molecule has 0 atom stereocenters. The summed E-state index contributed by atoms with van der Waals surface area (Å²) in [7, 11) is -15.6. The molecule has 0 saturated carbocycles. The minimum atomic E-state index is -3.13. The van der Waals surface area contributed by atoms with Crippen LogP contribution >= 0.6 is 0 Å². The Bertz CT molecular complexity index is 221. The van der Waals surface area contributed by atoms with Crippen LogP contribution in [0.3, 0.4) is 0 Å². The van der Waals surface area contributed by atoms with E-state index in [0.29, 0.717) is 0 Å². The Balaban J connectivity index is -0.0000000161. The van der Waals surface area contributed by atoms with Gasteiger partial charge in [-0.1, -0.05) is 0 Å². The molecule has 0 spiro atoms. The van der Waals surface area contributed by atoms with Crippen LogP contribution in [0.15, 0.2) is 0 Å². The van der Waals surface area contributed by atoms with Gasteiger partial charge in [-0.05, 0) is 0 Å². The van der Waals surface area contributed by atoms with Gasteiger partial charge < -0.3 is 50.8 Å². The minimum Gasteiger partial charge on any atom is -1.00 e. The number of hydrogen-bond acceptors (Lipinski definition) is 5. The van der Waals surface area contributed by atoms with Crippen LogP contribution in [0.2, 0.25) is 0 Å². The van der Waals surface area contributed by atoms with Crippen molar-refractivity contribution in [2.45, 2.75) is 0 Å². The molecule has 15 nitrogen and oxygen atoms in total. The van der Waals surface area contributed by atoms with E-state index in [1.807, 2.05) is 0 Å². The fourth-order valence-corrected chi connectivity index (χ4v) is 0. The van der Waals surface area contributed by atoms with E-state index in [4.69, 9.17) is 70.3 Å². The van der Waals surface area contributed by atoms with Gasteiger partial charge in [0, 0.05) is 0 Å². The first kappa shape index (κ1) is 43.1. The van der Waals surface area contributed by atoms with E-state index in [2.05, 4.69) is 0 Å². The third-order valence-electron chi connectivity index (χ3n) is 0. The van der Waals surface area contributed by atoms with Crippen LogP contribution in [0.25, 0.3) is 0 Å². The first-order chi connectivity index (χ1) is 8.66. The van der Waals surface area contributed by atoms with Crippen LogP contribution in [0, 0.1) is 0 Å². The van der Waals surface area contributed by atoms with Crippen LogP contribution in [0.4, 0.5) is 0 Å². The smallest absolute Gasteiger partial charge is 1.00 e. The molecule has 10 N–H and O–H groups in total. The molecule has 0 radical (unpaired) electrons. The molecule has 0 bridgehead atoms.